The largest absolute Gasteiger partial charge is 0.372 e. The predicted molar refractivity (Wildman–Crippen MR) is 99.1 cm³/mol. The molecular weight excluding hydrogens is 350 g/mol. The van der Waals surface area contributed by atoms with Crippen molar-refractivity contribution < 1.29 is 9.53 Å². The van der Waals surface area contributed by atoms with E-state index in [1.807, 2.05) is 18.7 Å². The molecule has 0 aliphatic carbocycles. The monoisotopic (exact) mass is 375 g/mol. The molecule has 8 heteroatoms. The third-order valence-corrected chi connectivity index (χ3v) is 6.10. The van der Waals surface area contributed by atoms with Crippen LogP contribution in [0.3, 0.4) is 0 Å². The fourth-order valence-electron chi connectivity index (χ4n) is 4.18. The SMILES string of the molecule is Cc1cc(CN2CC3(C2)OCC[C@H]3CCNC(=O)c2cscn2)n(C)n1. The van der Waals surface area contributed by atoms with Crippen LogP contribution in [0.25, 0.3) is 0 Å². The molecule has 2 fully saturated rings. The van der Waals surface area contributed by atoms with Gasteiger partial charge in [0.05, 0.1) is 22.5 Å². The predicted octanol–water partition coefficient (Wildman–Crippen LogP) is 1.60. The van der Waals surface area contributed by atoms with E-state index in [1.54, 1.807) is 10.9 Å². The van der Waals surface area contributed by atoms with E-state index in [2.05, 4.69) is 26.4 Å². The first kappa shape index (κ1) is 17.6. The number of carbonyl (C=O) groups excluding carboxylic acids is 1. The summed E-state index contributed by atoms with van der Waals surface area (Å²) in [5, 5.41) is 9.18. The van der Waals surface area contributed by atoms with Crippen LogP contribution in [0.15, 0.2) is 17.0 Å². The number of nitrogens with zero attached hydrogens (tertiary/aromatic N) is 4. The lowest BCUT2D eigenvalue weighted by molar-refractivity contribution is -0.137. The Bertz CT molecular complexity index is 767. The molecule has 0 unspecified atom stereocenters. The fraction of sp³-hybridized carbons (Fsp3) is 0.611. The minimum absolute atomic E-state index is 0.0288. The maximum atomic E-state index is 12.0. The maximum absolute atomic E-state index is 12.0. The highest BCUT2D eigenvalue weighted by Gasteiger charge is 2.52. The van der Waals surface area contributed by atoms with Gasteiger partial charge in [0.25, 0.3) is 5.91 Å². The molecule has 140 valence electrons. The zero-order valence-electron chi connectivity index (χ0n) is 15.3. The van der Waals surface area contributed by atoms with E-state index in [1.165, 1.54) is 17.0 Å². The van der Waals surface area contributed by atoms with Crippen molar-refractivity contribution in [3.63, 3.8) is 0 Å². The van der Waals surface area contributed by atoms with Crippen molar-refractivity contribution >= 4 is 17.2 Å². The molecule has 26 heavy (non-hydrogen) atoms. The maximum Gasteiger partial charge on any atom is 0.270 e. The van der Waals surface area contributed by atoms with Crippen molar-refractivity contribution in [3.8, 4) is 0 Å². The zero-order chi connectivity index (χ0) is 18.1. The summed E-state index contributed by atoms with van der Waals surface area (Å²) in [5.74, 6) is 0.420. The molecule has 2 aliphatic rings. The summed E-state index contributed by atoms with van der Waals surface area (Å²) < 4.78 is 8.09. The van der Waals surface area contributed by atoms with Crippen LogP contribution in [0.5, 0.6) is 0 Å². The van der Waals surface area contributed by atoms with Gasteiger partial charge in [0, 0.05) is 45.2 Å². The standard InChI is InChI=1S/C18H25N5O2S/c1-13-7-15(22(2)21-13)8-23-10-18(11-23)14(4-6-25-18)3-5-19-17(24)16-9-26-12-20-16/h7,9,12,14H,3-6,8,10-11H2,1-2H3,(H,19,24)/t14-/m1/s1. The van der Waals surface area contributed by atoms with Gasteiger partial charge in [0.15, 0.2) is 0 Å². The first-order chi connectivity index (χ1) is 12.6. The number of nitrogens with one attached hydrogen (secondary N) is 1. The lowest BCUT2D eigenvalue weighted by Crippen LogP contribution is -2.64. The van der Waals surface area contributed by atoms with Crippen LogP contribution in [0.2, 0.25) is 0 Å². The minimum atomic E-state index is -0.0824. The topological polar surface area (TPSA) is 72.3 Å². The first-order valence-corrected chi connectivity index (χ1v) is 10.0. The molecule has 0 bridgehead atoms. The van der Waals surface area contributed by atoms with Crippen LogP contribution < -0.4 is 5.32 Å². The highest BCUT2D eigenvalue weighted by molar-refractivity contribution is 7.07. The van der Waals surface area contributed by atoms with Gasteiger partial charge in [0.2, 0.25) is 0 Å². The lowest BCUT2D eigenvalue weighted by Gasteiger charge is -2.50. The van der Waals surface area contributed by atoms with E-state index >= 15 is 0 Å². The first-order valence-electron chi connectivity index (χ1n) is 9.08. The Balaban J connectivity index is 1.26. The molecule has 2 aliphatic heterocycles. The Morgan fingerprint density at radius 2 is 2.35 bits per heavy atom. The molecule has 1 spiro atoms. The van der Waals surface area contributed by atoms with Gasteiger partial charge in [0.1, 0.15) is 5.69 Å². The highest BCUT2D eigenvalue weighted by Crippen LogP contribution is 2.42. The average Bonchev–Trinajstić information content (AvgIpc) is 3.28. The van der Waals surface area contributed by atoms with Crippen LogP contribution in [-0.2, 0) is 18.3 Å². The van der Waals surface area contributed by atoms with Crippen LogP contribution in [0, 0.1) is 12.8 Å². The third kappa shape index (κ3) is 3.41. The van der Waals surface area contributed by atoms with Crippen molar-refractivity contribution in [1.29, 1.82) is 0 Å². The van der Waals surface area contributed by atoms with E-state index in [0.717, 1.165) is 44.8 Å². The number of rotatable bonds is 6. The molecule has 1 amide bonds. The molecular formula is C18H25N5O2S. The Kier molecular flexibility index (Phi) is 4.81. The number of carbonyl (C=O) groups is 1. The van der Waals surface area contributed by atoms with E-state index in [4.69, 9.17) is 4.74 Å². The summed E-state index contributed by atoms with van der Waals surface area (Å²) in [4.78, 5) is 18.5. The summed E-state index contributed by atoms with van der Waals surface area (Å²) in [5.41, 5.74) is 4.46. The zero-order valence-corrected chi connectivity index (χ0v) is 16.1. The number of aryl methyl sites for hydroxylation is 2. The molecule has 0 aromatic carbocycles. The van der Waals surface area contributed by atoms with Crippen LogP contribution in [0.1, 0.15) is 34.7 Å². The number of hydrogen-bond acceptors (Lipinski definition) is 6. The molecule has 2 saturated heterocycles. The van der Waals surface area contributed by atoms with Gasteiger partial charge in [-0.05, 0) is 31.7 Å². The van der Waals surface area contributed by atoms with Crippen LogP contribution in [0.4, 0.5) is 0 Å². The Labute approximate surface area is 157 Å². The second-order valence-electron chi connectivity index (χ2n) is 7.36. The second kappa shape index (κ2) is 7.09. The number of likely N-dealkylation sites (tertiary alicyclic amines) is 1. The smallest absolute Gasteiger partial charge is 0.270 e. The molecule has 4 rings (SSSR count). The summed E-state index contributed by atoms with van der Waals surface area (Å²) in [6.07, 6.45) is 2.03. The number of aromatic nitrogens is 3. The van der Waals surface area contributed by atoms with Gasteiger partial charge in [-0.25, -0.2) is 4.98 Å². The van der Waals surface area contributed by atoms with Gasteiger partial charge in [-0.3, -0.25) is 14.4 Å². The molecule has 1 N–H and O–H groups in total. The Hall–Kier alpha value is -1.77. The van der Waals surface area contributed by atoms with Crippen LogP contribution >= 0.6 is 11.3 Å². The van der Waals surface area contributed by atoms with Gasteiger partial charge < -0.3 is 10.1 Å². The quantitative estimate of drug-likeness (QED) is 0.830. The van der Waals surface area contributed by atoms with E-state index in [0.29, 0.717) is 18.2 Å². The molecule has 4 heterocycles. The fourth-order valence-corrected chi connectivity index (χ4v) is 4.71. The van der Waals surface area contributed by atoms with Gasteiger partial charge >= 0.3 is 0 Å². The van der Waals surface area contributed by atoms with Crippen molar-refractivity contribution in [2.24, 2.45) is 13.0 Å². The number of ether oxygens (including phenoxy) is 1. The van der Waals surface area contributed by atoms with Crippen molar-refractivity contribution in [2.75, 3.05) is 26.2 Å². The molecule has 1 atom stereocenters. The number of thiazole rings is 1. The molecule has 0 radical (unpaired) electrons. The normalized spacial score (nSPS) is 21.8. The second-order valence-corrected chi connectivity index (χ2v) is 8.08. The number of hydrogen-bond donors (Lipinski definition) is 1. The summed E-state index contributed by atoms with van der Waals surface area (Å²) in [7, 11) is 2.00. The molecule has 2 aromatic heterocycles. The molecule has 2 aromatic rings. The minimum Gasteiger partial charge on any atom is -0.372 e. The van der Waals surface area contributed by atoms with Crippen molar-refractivity contribution in [2.45, 2.75) is 31.9 Å². The highest BCUT2D eigenvalue weighted by atomic mass is 32.1. The van der Waals surface area contributed by atoms with E-state index in [-0.39, 0.29) is 11.5 Å². The number of amides is 1. The Morgan fingerprint density at radius 1 is 1.50 bits per heavy atom. The molecule has 0 saturated carbocycles. The third-order valence-electron chi connectivity index (χ3n) is 5.51. The lowest BCUT2D eigenvalue weighted by atomic mass is 9.79. The van der Waals surface area contributed by atoms with Crippen molar-refractivity contribution in [1.82, 2.24) is 25.0 Å². The van der Waals surface area contributed by atoms with E-state index in [9.17, 15) is 4.79 Å². The summed E-state index contributed by atoms with van der Waals surface area (Å²) >= 11 is 1.44. The van der Waals surface area contributed by atoms with Crippen LogP contribution in [-0.4, -0.2) is 57.4 Å². The average molecular weight is 375 g/mol. The summed E-state index contributed by atoms with van der Waals surface area (Å²) in [6.45, 7) is 6.35. The summed E-state index contributed by atoms with van der Waals surface area (Å²) in [6, 6.07) is 2.14. The van der Waals surface area contributed by atoms with Gasteiger partial charge in [-0.1, -0.05) is 0 Å². The van der Waals surface area contributed by atoms with Gasteiger partial charge in [-0.2, -0.15) is 5.10 Å². The molecule has 7 nitrogen and oxygen atoms in total. The van der Waals surface area contributed by atoms with Crippen molar-refractivity contribution in [3.05, 3.63) is 34.0 Å². The Morgan fingerprint density at radius 3 is 3.04 bits per heavy atom. The van der Waals surface area contributed by atoms with Gasteiger partial charge in [-0.15, -0.1) is 11.3 Å². The van der Waals surface area contributed by atoms with E-state index < -0.39 is 0 Å².